The quantitative estimate of drug-likeness (QED) is 0.599. The zero-order valence-corrected chi connectivity index (χ0v) is 17.4. The Hall–Kier alpha value is -2.95. The van der Waals surface area contributed by atoms with E-state index in [0.717, 1.165) is 49.2 Å². The van der Waals surface area contributed by atoms with Crippen LogP contribution in [0.3, 0.4) is 0 Å². The van der Waals surface area contributed by atoms with Crippen LogP contribution in [0.2, 0.25) is 0 Å². The fraction of sp³-hybridized carbons (Fsp3) is 0.360. The Bertz CT molecular complexity index is 973. The highest BCUT2D eigenvalue weighted by Crippen LogP contribution is 2.25. The highest BCUT2D eigenvalue weighted by molar-refractivity contribution is 5.77. The molecular weight excluding hydrogens is 377 g/mol. The minimum atomic E-state index is -0.262. The van der Waals surface area contributed by atoms with Gasteiger partial charge in [-0.3, -0.25) is 9.48 Å². The number of piperidine rings is 1. The zero-order chi connectivity index (χ0) is 20.9. The lowest BCUT2D eigenvalue weighted by Crippen LogP contribution is -2.39. The topological polar surface area (TPSA) is 38.1 Å². The van der Waals surface area contributed by atoms with Crippen LogP contribution in [0, 0.1) is 11.7 Å². The average Bonchev–Trinajstić information content (AvgIpc) is 3.14. The summed E-state index contributed by atoms with van der Waals surface area (Å²) in [5.41, 5.74) is 4.11. The number of carbonyl (C=O) groups excluding carboxylic acids is 1. The standard InChI is InChI=1S/C25H28FN3O/c1-28-18-22(25(27-28)21-7-10-23(26)11-8-21)9-12-24(30)29-15-13-20(14-16-29)17-19-5-3-2-4-6-19/h2-8,10-11,18,20H,9,12-17H2,1H3. The molecule has 5 heteroatoms. The molecule has 0 aliphatic carbocycles. The maximum Gasteiger partial charge on any atom is 0.222 e. The monoisotopic (exact) mass is 405 g/mol. The lowest BCUT2D eigenvalue weighted by molar-refractivity contribution is -0.132. The number of benzene rings is 2. The van der Waals surface area contributed by atoms with Gasteiger partial charge in [-0.05, 0) is 67.0 Å². The SMILES string of the molecule is Cn1cc(CCC(=O)N2CCC(Cc3ccccc3)CC2)c(-c2ccc(F)cc2)n1. The Labute approximate surface area is 177 Å². The van der Waals surface area contributed by atoms with Gasteiger partial charge >= 0.3 is 0 Å². The summed E-state index contributed by atoms with van der Waals surface area (Å²) >= 11 is 0. The molecule has 1 aliphatic heterocycles. The van der Waals surface area contributed by atoms with Crippen molar-refractivity contribution in [3.8, 4) is 11.3 Å². The molecule has 30 heavy (non-hydrogen) atoms. The summed E-state index contributed by atoms with van der Waals surface area (Å²) in [7, 11) is 1.87. The summed E-state index contributed by atoms with van der Waals surface area (Å²) in [5.74, 6) is 0.601. The molecular formula is C25H28FN3O. The number of hydrogen-bond acceptors (Lipinski definition) is 2. The molecule has 0 saturated carbocycles. The van der Waals surface area contributed by atoms with Gasteiger partial charge in [0.25, 0.3) is 0 Å². The number of carbonyl (C=O) groups is 1. The van der Waals surface area contributed by atoms with E-state index in [0.29, 0.717) is 18.8 Å². The Morgan fingerprint density at radius 1 is 1.07 bits per heavy atom. The van der Waals surface area contributed by atoms with Crippen LogP contribution in [0.1, 0.15) is 30.4 Å². The van der Waals surface area contributed by atoms with Gasteiger partial charge in [-0.15, -0.1) is 0 Å². The summed E-state index contributed by atoms with van der Waals surface area (Å²) in [5, 5.41) is 4.52. The van der Waals surface area contributed by atoms with Gasteiger partial charge in [0.05, 0.1) is 5.69 Å². The third kappa shape index (κ3) is 4.96. The summed E-state index contributed by atoms with van der Waals surface area (Å²) in [6.45, 7) is 1.68. The Kier molecular flexibility index (Phi) is 6.26. The molecule has 0 N–H and O–H groups in total. The maximum absolute atomic E-state index is 13.2. The largest absolute Gasteiger partial charge is 0.343 e. The molecule has 0 radical (unpaired) electrons. The van der Waals surface area contributed by atoms with E-state index in [9.17, 15) is 9.18 Å². The first-order valence-electron chi connectivity index (χ1n) is 10.7. The average molecular weight is 406 g/mol. The maximum atomic E-state index is 13.2. The number of nitrogens with zero attached hydrogens (tertiary/aromatic N) is 3. The molecule has 1 saturated heterocycles. The first kappa shape index (κ1) is 20.3. The van der Waals surface area contributed by atoms with Crippen molar-refractivity contribution in [2.24, 2.45) is 13.0 Å². The normalized spacial score (nSPS) is 14.8. The van der Waals surface area contributed by atoms with Gasteiger partial charge in [0.15, 0.2) is 0 Å². The van der Waals surface area contributed by atoms with Crippen LogP contribution in [0.25, 0.3) is 11.3 Å². The highest BCUT2D eigenvalue weighted by Gasteiger charge is 2.23. The third-order valence-corrected chi connectivity index (χ3v) is 5.96. The molecule has 0 atom stereocenters. The lowest BCUT2D eigenvalue weighted by Gasteiger charge is -2.32. The van der Waals surface area contributed by atoms with Crippen molar-refractivity contribution in [2.45, 2.75) is 32.1 Å². The van der Waals surface area contributed by atoms with Crippen molar-refractivity contribution < 1.29 is 9.18 Å². The van der Waals surface area contributed by atoms with Crippen molar-refractivity contribution in [3.05, 3.63) is 77.7 Å². The van der Waals surface area contributed by atoms with Crippen molar-refractivity contribution in [1.29, 1.82) is 0 Å². The number of halogens is 1. The molecule has 2 heterocycles. The second kappa shape index (κ2) is 9.24. The van der Waals surface area contributed by atoms with Crippen LogP contribution >= 0.6 is 0 Å². The number of aromatic nitrogens is 2. The first-order valence-corrected chi connectivity index (χ1v) is 10.7. The Morgan fingerprint density at radius 2 is 1.77 bits per heavy atom. The van der Waals surface area contributed by atoms with Crippen LogP contribution in [0.15, 0.2) is 60.8 Å². The van der Waals surface area contributed by atoms with Gasteiger partial charge in [0.1, 0.15) is 5.82 Å². The summed E-state index contributed by atoms with van der Waals surface area (Å²) < 4.78 is 15.0. The number of amides is 1. The predicted octanol–water partition coefficient (Wildman–Crippen LogP) is 4.64. The molecule has 0 unspecified atom stereocenters. The van der Waals surface area contributed by atoms with Crippen LogP contribution in [-0.4, -0.2) is 33.7 Å². The summed E-state index contributed by atoms with van der Waals surface area (Å²) in [4.78, 5) is 14.8. The lowest BCUT2D eigenvalue weighted by atomic mass is 9.90. The minimum Gasteiger partial charge on any atom is -0.343 e. The Morgan fingerprint density at radius 3 is 2.47 bits per heavy atom. The highest BCUT2D eigenvalue weighted by atomic mass is 19.1. The van der Waals surface area contributed by atoms with E-state index in [1.54, 1.807) is 16.8 Å². The summed E-state index contributed by atoms with van der Waals surface area (Å²) in [6, 6.07) is 17.0. The van der Waals surface area contributed by atoms with Crippen molar-refractivity contribution in [2.75, 3.05) is 13.1 Å². The van der Waals surface area contributed by atoms with E-state index < -0.39 is 0 Å². The van der Waals surface area contributed by atoms with Crippen LogP contribution in [-0.2, 0) is 24.7 Å². The van der Waals surface area contributed by atoms with E-state index in [1.165, 1.54) is 17.7 Å². The van der Waals surface area contributed by atoms with Gasteiger partial charge in [-0.1, -0.05) is 30.3 Å². The summed E-state index contributed by atoms with van der Waals surface area (Å²) in [6.07, 6.45) is 6.30. The molecule has 0 spiro atoms. The fourth-order valence-electron chi connectivity index (χ4n) is 4.30. The van der Waals surface area contributed by atoms with Crippen molar-refractivity contribution >= 4 is 5.91 Å². The van der Waals surface area contributed by atoms with E-state index in [4.69, 9.17) is 0 Å². The molecule has 1 aliphatic rings. The van der Waals surface area contributed by atoms with E-state index in [1.807, 2.05) is 18.1 Å². The molecule has 1 aromatic heterocycles. The molecule has 1 fully saturated rings. The minimum absolute atomic E-state index is 0.210. The van der Waals surface area contributed by atoms with Crippen molar-refractivity contribution in [3.63, 3.8) is 0 Å². The fourth-order valence-corrected chi connectivity index (χ4v) is 4.30. The number of rotatable bonds is 6. The smallest absolute Gasteiger partial charge is 0.222 e. The number of aryl methyl sites for hydroxylation is 2. The van der Waals surface area contributed by atoms with Crippen molar-refractivity contribution in [1.82, 2.24) is 14.7 Å². The zero-order valence-electron chi connectivity index (χ0n) is 17.4. The Balaban J connectivity index is 1.31. The molecule has 4 rings (SSSR count). The third-order valence-electron chi connectivity index (χ3n) is 5.96. The van der Waals surface area contributed by atoms with Gasteiger partial charge in [-0.2, -0.15) is 5.10 Å². The predicted molar refractivity (Wildman–Crippen MR) is 116 cm³/mol. The van der Waals surface area contributed by atoms with Crippen LogP contribution < -0.4 is 0 Å². The molecule has 156 valence electrons. The molecule has 3 aromatic rings. The molecule has 4 nitrogen and oxygen atoms in total. The van der Waals surface area contributed by atoms with E-state index >= 15 is 0 Å². The van der Waals surface area contributed by atoms with E-state index in [-0.39, 0.29) is 11.7 Å². The van der Waals surface area contributed by atoms with Gasteiger partial charge in [-0.25, -0.2) is 4.39 Å². The van der Waals surface area contributed by atoms with Gasteiger partial charge in [0, 0.05) is 38.3 Å². The van der Waals surface area contributed by atoms with Gasteiger partial charge in [0.2, 0.25) is 5.91 Å². The van der Waals surface area contributed by atoms with Crippen LogP contribution in [0.5, 0.6) is 0 Å². The second-order valence-electron chi connectivity index (χ2n) is 8.20. The van der Waals surface area contributed by atoms with E-state index in [2.05, 4.69) is 35.4 Å². The first-order chi connectivity index (χ1) is 14.6. The molecule has 2 aromatic carbocycles. The second-order valence-corrected chi connectivity index (χ2v) is 8.20. The number of likely N-dealkylation sites (tertiary alicyclic amines) is 1. The van der Waals surface area contributed by atoms with Gasteiger partial charge < -0.3 is 4.90 Å². The van der Waals surface area contributed by atoms with Crippen LogP contribution in [0.4, 0.5) is 4.39 Å². The molecule has 1 amide bonds. The number of hydrogen-bond donors (Lipinski definition) is 0. The molecule has 0 bridgehead atoms.